The molecule has 0 saturated carbocycles. The van der Waals surface area contributed by atoms with Crippen LogP contribution in [0.2, 0.25) is 0 Å². The highest BCUT2D eigenvalue weighted by Gasteiger charge is 2.30. The molecular formula is C14H20N2O6S. The predicted octanol–water partition coefficient (Wildman–Crippen LogP) is 0.404. The van der Waals surface area contributed by atoms with Crippen LogP contribution in [0.25, 0.3) is 0 Å². The first-order chi connectivity index (χ1) is 10.6. The summed E-state index contributed by atoms with van der Waals surface area (Å²) in [7, 11) is -3.47. The smallest absolute Gasteiger partial charge is 0.337 e. The van der Waals surface area contributed by atoms with Gasteiger partial charge in [-0.3, -0.25) is 9.52 Å². The van der Waals surface area contributed by atoms with Crippen molar-refractivity contribution in [2.75, 3.05) is 17.0 Å². The summed E-state index contributed by atoms with van der Waals surface area (Å²) in [5.74, 6) is -2.12. The third kappa shape index (κ3) is 5.87. The normalized spacial score (nSPS) is 13.9. The second-order valence-electron chi connectivity index (χ2n) is 5.26. The van der Waals surface area contributed by atoms with E-state index >= 15 is 0 Å². The highest BCUT2D eigenvalue weighted by Crippen LogP contribution is 2.13. The lowest BCUT2D eigenvalue weighted by atomic mass is 10.1. The van der Waals surface area contributed by atoms with Gasteiger partial charge in [0.1, 0.15) is 0 Å². The fourth-order valence-corrected chi connectivity index (χ4v) is 2.78. The number of nitrogens with one attached hydrogen (secondary N) is 2. The number of hydrogen-bond acceptors (Lipinski definition) is 5. The summed E-state index contributed by atoms with van der Waals surface area (Å²) in [6.07, 6.45) is 0.458. The van der Waals surface area contributed by atoms with Crippen molar-refractivity contribution in [1.82, 2.24) is 5.32 Å². The van der Waals surface area contributed by atoms with Gasteiger partial charge in [-0.05, 0) is 31.5 Å². The van der Waals surface area contributed by atoms with Crippen molar-refractivity contribution in [3.05, 3.63) is 29.8 Å². The topological polar surface area (TPSA) is 133 Å². The molecule has 128 valence electrons. The summed E-state index contributed by atoms with van der Waals surface area (Å²) in [5.41, 5.74) is -1.71. The first-order valence-corrected chi connectivity index (χ1v) is 8.57. The minimum atomic E-state index is -3.47. The van der Waals surface area contributed by atoms with Crippen LogP contribution in [0, 0.1) is 0 Å². The number of benzene rings is 1. The van der Waals surface area contributed by atoms with Crippen LogP contribution in [-0.4, -0.2) is 48.4 Å². The lowest BCUT2D eigenvalue weighted by Gasteiger charge is -2.18. The SMILES string of the molecule is CCCS(=O)(=O)Nc1cccc(C(=O)NCC(C)(O)C(=O)O)c1. The Hall–Kier alpha value is -2.13. The molecule has 0 aliphatic rings. The Morgan fingerprint density at radius 1 is 1.30 bits per heavy atom. The van der Waals surface area contributed by atoms with Crippen LogP contribution in [-0.2, 0) is 14.8 Å². The summed E-state index contributed by atoms with van der Waals surface area (Å²) in [6.45, 7) is 2.31. The van der Waals surface area contributed by atoms with Crippen LogP contribution in [0.15, 0.2) is 24.3 Å². The number of anilines is 1. The highest BCUT2D eigenvalue weighted by molar-refractivity contribution is 7.92. The lowest BCUT2D eigenvalue weighted by molar-refractivity contribution is -0.155. The van der Waals surface area contributed by atoms with E-state index in [1.54, 1.807) is 6.92 Å². The number of carboxylic acids is 1. The van der Waals surface area contributed by atoms with Crippen LogP contribution in [0.1, 0.15) is 30.6 Å². The van der Waals surface area contributed by atoms with Crippen molar-refractivity contribution in [1.29, 1.82) is 0 Å². The van der Waals surface area contributed by atoms with E-state index in [1.165, 1.54) is 24.3 Å². The Labute approximate surface area is 134 Å². The second-order valence-corrected chi connectivity index (χ2v) is 7.11. The van der Waals surface area contributed by atoms with Crippen LogP contribution in [0.5, 0.6) is 0 Å². The highest BCUT2D eigenvalue weighted by atomic mass is 32.2. The Morgan fingerprint density at radius 3 is 2.52 bits per heavy atom. The molecule has 0 fully saturated rings. The predicted molar refractivity (Wildman–Crippen MR) is 84.7 cm³/mol. The van der Waals surface area contributed by atoms with Crippen LogP contribution < -0.4 is 10.0 Å². The molecule has 1 aromatic rings. The standard InChI is InChI=1S/C14H20N2O6S/c1-3-7-23(21,22)16-11-6-4-5-10(8-11)12(17)15-9-14(2,20)13(18)19/h4-6,8,16,20H,3,7,9H2,1-2H3,(H,15,17)(H,18,19). The summed E-state index contributed by atoms with van der Waals surface area (Å²) in [4.78, 5) is 22.7. The quantitative estimate of drug-likeness (QED) is 0.540. The van der Waals surface area contributed by atoms with Crippen molar-refractivity contribution in [3.8, 4) is 0 Å². The largest absolute Gasteiger partial charge is 0.479 e. The van der Waals surface area contributed by atoms with Crippen LogP contribution >= 0.6 is 0 Å². The third-order valence-corrected chi connectivity index (χ3v) is 4.42. The zero-order valence-electron chi connectivity index (χ0n) is 12.9. The van der Waals surface area contributed by atoms with Gasteiger partial charge in [-0.1, -0.05) is 13.0 Å². The number of carboxylic acid groups (broad SMARTS) is 1. The van der Waals surface area contributed by atoms with E-state index in [9.17, 15) is 23.1 Å². The minimum absolute atomic E-state index is 0.0368. The summed E-state index contributed by atoms with van der Waals surface area (Å²) >= 11 is 0. The van der Waals surface area contributed by atoms with Crippen molar-refractivity contribution < 1.29 is 28.2 Å². The van der Waals surface area contributed by atoms with Gasteiger partial charge in [-0.25, -0.2) is 13.2 Å². The van der Waals surface area contributed by atoms with Gasteiger partial charge in [-0.2, -0.15) is 0 Å². The van der Waals surface area contributed by atoms with Crippen molar-refractivity contribution in [3.63, 3.8) is 0 Å². The second kappa shape index (κ2) is 7.42. The molecule has 0 aliphatic heterocycles. The number of carbonyl (C=O) groups excluding carboxylic acids is 1. The maximum Gasteiger partial charge on any atom is 0.337 e. The summed E-state index contributed by atoms with van der Waals surface area (Å²) in [5, 5.41) is 20.6. The van der Waals surface area contributed by atoms with E-state index in [-0.39, 0.29) is 17.0 Å². The molecule has 1 unspecified atom stereocenters. The van der Waals surface area contributed by atoms with Crippen molar-refractivity contribution in [2.45, 2.75) is 25.9 Å². The number of hydrogen-bond donors (Lipinski definition) is 4. The molecule has 1 atom stereocenters. The number of sulfonamides is 1. The first kappa shape index (κ1) is 18.9. The van der Waals surface area contributed by atoms with E-state index in [0.717, 1.165) is 6.92 Å². The molecule has 0 spiro atoms. The first-order valence-electron chi connectivity index (χ1n) is 6.92. The van der Waals surface area contributed by atoms with Gasteiger partial charge in [0.05, 0.1) is 12.3 Å². The third-order valence-electron chi connectivity index (χ3n) is 2.92. The van der Waals surface area contributed by atoms with Gasteiger partial charge in [-0.15, -0.1) is 0 Å². The maximum absolute atomic E-state index is 12.0. The lowest BCUT2D eigenvalue weighted by Crippen LogP contribution is -2.46. The Kier molecular flexibility index (Phi) is 6.11. The zero-order chi connectivity index (χ0) is 17.7. The molecule has 0 bridgehead atoms. The van der Waals surface area contributed by atoms with E-state index in [1.807, 2.05) is 0 Å². The summed E-state index contributed by atoms with van der Waals surface area (Å²) < 4.78 is 25.8. The van der Waals surface area contributed by atoms with Crippen LogP contribution in [0.4, 0.5) is 5.69 Å². The fourth-order valence-electron chi connectivity index (χ4n) is 1.65. The maximum atomic E-state index is 12.0. The van der Waals surface area contributed by atoms with Gasteiger partial charge >= 0.3 is 5.97 Å². The van der Waals surface area contributed by atoms with Gasteiger partial charge in [0.2, 0.25) is 10.0 Å². The summed E-state index contributed by atoms with van der Waals surface area (Å²) in [6, 6.07) is 5.77. The molecule has 0 aromatic heterocycles. The molecule has 0 aliphatic carbocycles. The molecule has 8 nitrogen and oxygen atoms in total. The number of aliphatic carboxylic acids is 1. The molecule has 0 heterocycles. The molecule has 0 radical (unpaired) electrons. The molecule has 23 heavy (non-hydrogen) atoms. The van der Waals surface area contributed by atoms with Crippen LogP contribution in [0.3, 0.4) is 0 Å². The number of carbonyl (C=O) groups is 2. The Bertz CT molecular complexity index is 684. The fraction of sp³-hybridized carbons (Fsp3) is 0.429. The number of rotatable bonds is 8. The number of aliphatic hydroxyl groups is 1. The average Bonchev–Trinajstić information content (AvgIpc) is 2.44. The molecular weight excluding hydrogens is 324 g/mol. The zero-order valence-corrected chi connectivity index (χ0v) is 13.7. The molecule has 1 rings (SSSR count). The van der Waals surface area contributed by atoms with Crippen molar-refractivity contribution >= 4 is 27.6 Å². The van der Waals surface area contributed by atoms with Gasteiger partial charge in [0, 0.05) is 11.3 Å². The van der Waals surface area contributed by atoms with Gasteiger partial charge in [0.15, 0.2) is 5.60 Å². The molecule has 1 aromatic carbocycles. The van der Waals surface area contributed by atoms with E-state index in [4.69, 9.17) is 5.11 Å². The Morgan fingerprint density at radius 2 is 1.96 bits per heavy atom. The minimum Gasteiger partial charge on any atom is -0.479 e. The van der Waals surface area contributed by atoms with E-state index in [0.29, 0.717) is 6.42 Å². The van der Waals surface area contributed by atoms with Gasteiger partial charge < -0.3 is 15.5 Å². The molecule has 1 amide bonds. The number of amides is 1. The monoisotopic (exact) mass is 344 g/mol. The molecule has 0 saturated heterocycles. The van der Waals surface area contributed by atoms with Gasteiger partial charge in [0.25, 0.3) is 5.91 Å². The van der Waals surface area contributed by atoms with E-state index < -0.39 is 34.0 Å². The van der Waals surface area contributed by atoms with Crippen molar-refractivity contribution in [2.24, 2.45) is 0 Å². The molecule has 4 N–H and O–H groups in total. The Balaban J connectivity index is 2.80. The van der Waals surface area contributed by atoms with E-state index in [2.05, 4.69) is 10.0 Å². The average molecular weight is 344 g/mol. The molecule has 9 heteroatoms.